The van der Waals surface area contributed by atoms with Gasteiger partial charge in [0.25, 0.3) is 6.01 Å². The smallest absolute Gasteiger partial charge is 0.292 e. The highest BCUT2D eigenvalue weighted by atomic mass is 16.4. The monoisotopic (exact) mass is 216 g/mol. The van der Waals surface area contributed by atoms with Gasteiger partial charge in [0.1, 0.15) is 11.5 Å². The van der Waals surface area contributed by atoms with Crippen LogP contribution >= 0.6 is 0 Å². The zero-order chi connectivity index (χ0) is 11.7. The van der Waals surface area contributed by atoms with Crippen LogP contribution in [0.25, 0.3) is 11.3 Å². The summed E-state index contributed by atoms with van der Waals surface area (Å²) in [5.74, 6) is 0.848. The number of hydrogen-bond acceptors (Lipinski definition) is 3. The molecule has 0 saturated heterocycles. The fourth-order valence-corrected chi connectivity index (χ4v) is 1.72. The van der Waals surface area contributed by atoms with Crippen LogP contribution in [0.3, 0.4) is 0 Å². The third-order valence-corrected chi connectivity index (χ3v) is 2.82. The van der Waals surface area contributed by atoms with Crippen LogP contribution in [0, 0.1) is 13.8 Å². The summed E-state index contributed by atoms with van der Waals surface area (Å²) in [6, 6.07) is 6.50. The Labute approximate surface area is 95.3 Å². The molecule has 1 aromatic carbocycles. The van der Waals surface area contributed by atoms with E-state index in [9.17, 15) is 0 Å². The molecule has 84 valence electrons. The average Bonchev–Trinajstić information content (AvgIpc) is 2.63. The van der Waals surface area contributed by atoms with Gasteiger partial charge in [-0.15, -0.1) is 0 Å². The van der Waals surface area contributed by atoms with Gasteiger partial charge in [-0.05, 0) is 31.0 Å². The van der Waals surface area contributed by atoms with Crippen LogP contribution in [0.5, 0.6) is 0 Å². The molecular weight excluding hydrogens is 200 g/mol. The highest BCUT2D eigenvalue weighted by molar-refractivity contribution is 5.64. The van der Waals surface area contributed by atoms with E-state index in [1.807, 2.05) is 6.92 Å². The molecule has 0 unspecified atom stereocenters. The fraction of sp³-hybridized carbons (Fsp3) is 0.308. The van der Waals surface area contributed by atoms with Crippen LogP contribution in [-0.4, -0.2) is 4.98 Å². The summed E-state index contributed by atoms with van der Waals surface area (Å²) < 4.78 is 5.35. The highest BCUT2D eigenvalue weighted by Gasteiger charge is 2.12. The van der Waals surface area contributed by atoms with E-state index in [0.29, 0.717) is 0 Å². The molecule has 0 spiro atoms. The number of aromatic nitrogens is 1. The van der Waals surface area contributed by atoms with Crippen molar-refractivity contribution < 1.29 is 4.42 Å². The zero-order valence-corrected chi connectivity index (χ0v) is 9.87. The van der Waals surface area contributed by atoms with Crippen LogP contribution in [0.2, 0.25) is 0 Å². The number of anilines is 1. The second-order valence-electron chi connectivity index (χ2n) is 3.98. The van der Waals surface area contributed by atoms with Crippen molar-refractivity contribution in [1.82, 2.24) is 4.98 Å². The molecule has 2 N–H and O–H groups in total. The largest absolute Gasteiger partial charge is 0.428 e. The van der Waals surface area contributed by atoms with Crippen molar-refractivity contribution >= 4 is 6.01 Å². The second-order valence-corrected chi connectivity index (χ2v) is 3.98. The van der Waals surface area contributed by atoms with Gasteiger partial charge < -0.3 is 10.2 Å². The van der Waals surface area contributed by atoms with Crippen molar-refractivity contribution in [2.45, 2.75) is 27.2 Å². The van der Waals surface area contributed by atoms with Crippen LogP contribution in [-0.2, 0) is 6.42 Å². The number of hydrogen-bond donors (Lipinski definition) is 1. The van der Waals surface area contributed by atoms with Crippen molar-refractivity contribution in [3.63, 3.8) is 0 Å². The van der Waals surface area contributed by atoms with Gasteiger partial charge >= 0.3 is 0 Å². The van der Waals surface area contributed by atoms with Crippen LogP contribution in [0.1, 0.15) is 23.8 Å². The van der Waals surface area contributed by atoms with Gasteiger partial charge in [0, 0.05) is 12.0 Å². The van der Waals surface area contributed by atoms with Crippen molar-refractivity contribution in [2.24, 2.45) is 0 Å². The predicted molar refractivity (Wildman–Crippen MR) is 65.2 cm³/mol. The third-order valence-electron chi connectivity index (χ3n) is 2.82. The molecule has 0 fully saturated rings. The number of nitrogen functional groups attached to an aromatic ring is 1. The first-order valence-corrected chi connectivity index (χ1v) is 5.44. The molecule has 1 heterocycles. The molecule has 2 aromatic rings. The SMILES string of the molecule is CCc1oc(N)nc1-c1ccc(C)c(C)c1. The van der Waals surface area contributed by atoms with E-state index in [0.717, 1.165) is 23.4 Å². The summed E-state index contributed by atoms with van der Waals surface area (Å²) in [6.45, 7) is 6.22. The normalized spacial score (nSPS) is 10.7. The molecule has 0 amide bonds. The van der Waals surface area contributed by atoms with Gasteiger partial charge in [0.05, 0.1) is 0 Å². The molecule has 0 saturated carbocycles. The molecule has 16 heavy (non-hydrogen) atoms. The molecule has 3 heteroatoms. The Bertz CT molecular complexity index is 515. The summed E-state index contributed by atoms with van der Waals surface area (Å²) >= 11 is 0. The first-order chi connectivity index (χ1) is 7.61. The summed E-state index contributed by atoms with van der Waals surface area (Å²) in [6.07, 6.45) is 0.798. The zero-order valence-electron chi connectivity index (χ0n) is 9.87. The number of rotatable bonds is 2. The van der Waals surface area contributed by atoms with Gasteiger partial charge in [-0.2, -0.15) is 4.98 Å². The van der Waals surface area contributed by atoms with Gasteiger partial charge in [0.2, 0.25) is 0 Å². The fourth-order valence-electron chi connectivity index (χ4n) is 1.72. The summed E-state index contributed by atoms with van der Waals surface area (Å²) in [5, 5.41) is 0. The number of aryl methyl sites for hydroxylation is 3. The van der Waals surface area contributed by atoms with Crippen molar-refractivity contribution in [2.75, 3.05) is 5.73 Å². The third kappa shape index (κ3) is 1.81. The second kappa shape index (κ2) is 4.00. The molecule has 2 rings (SSSR count). The standard InChI is InChI=1S/C13H16N2O/c1-4-11-12(15-13(14)16-11)10-6-5-8(2)9(3)7-10/h5-7H,4H2,1-3H3,(H2,14,15). The highest BCUT2D eigenvalue weighted by Crippen LogP contribution is 2.26. The molecule has 3 nitrogen and oxygen atoms in total. The Balaban J connectivity index is 2.53. The van der Waals surface area contributed by atoms with Crippen molar-refractivity contribution in [1.29, 1.82) is 0 Å². The van der Waals surface area contributed by atoms with E-state index in [2.05, 4.69) is 37.0 Å². The van der Waals surface area contributed by atoms with Crippen LogP contribution < -0.4 is 5.73 Å². The van der Waals surface area contributed by atoms with E-state index in [1.165, 1.54) is 11.1 Å². The van der Waals surface area contributed by atoms with E-state index >= 15 is 0 Å². The number of oxazole rings is 1. The minimum atomic E-state index is 0.241. The minimum absolute atomic E-state index is 0.241. The van der Waals surface area contributed by atoms with Crippen LogP contribution in [0.15, 0.2) is 22.6 Å². The minimum Gasteiger partial charge on any atom is -0.428 e. The maximum atomic E-state index is 5.58. The molecule has 0 aliphatic heterocycles. The average molecular weight is 216 g/mol. The molecule has 0 atom stereocenters. The Morgan fingerprint density at radius 2 is 2.00 bits per heavy atom. The molecule has 0 aliphatic rings. The van der Waals surface area contributed by atoms with Gasteiger partial charge in [-0.1, -0.05) is 19.1 Å². The lowest BCUT2D eigenvalue weighted by atomic mass is 10.0. The van der Waals surface area contributed by atoms with E-state index in [-0.39, 0.29) is 6.01 Å². The van der Waals surface area contributed by atoms with E-state index < -0.39 is 0 Å². The number of benzene rings is 1. The molecular formula is C13H16N2O. The van der Waals surface area contributed by atoms with E-state index in [4.69, 9.17) is 10.2 Å². The Hall–Kier alpha value is -1.77. The molecule has 1 aromatic heterocycles. The van der Waals surface area contributed by atoms with Gasteiger partial charge in [-0.3, -0.25) is 0 Å². The maximum absolute atomic E-state index is 5.58. The lowest BCUT2D eigenvalue weighted by Crippen LogP contribution is -1.88. The maximum Gasteiger partial charge on any atom is 0.292 e. The van der Waals surface area contributed by atoms with Crippen molar-refractivity contribution in [3.05, 3.63) is 35.1 Å². The lowest BCUT2D eigenvalue weighted by Gasteiger charge is -2.03. The summed E-state index contributed by atoms with van der Waals surface area (Å²) in [4.78, 5) is 4.23. The van der Waals surface area contributed by atoms with Gasteiger partial charge in [0.15, 0.2) is 0 Å². The Kier molecular flexibility index (Phi) is 2.69. The van der Waals surface area contributed by atoms with Crippen LogP contribution in [0.4, 0.5) is 6.01 Å². The summed E-state index contributed by atoms with van der Waals surface area (Å²) in [5.41, 5.74) is 10.0. The first kappa shape index (κ1) is 10.7. The molecule has 0 radical (unpaired) electrons. The number of nitrogens with zero attached hydrogens (tertiary/aromatic N) is 1. The predicted octanol–water partition coefficient (Wildman–Crippen LogP) is 3.10. The van der Waals surface area contributed by atoms with Gasteiger partial charge in [-0.25, -0.2) is 0 Å². The topological polar surface area (TPSA) is 52.0 Å². The van der Waals surface area contributed by atoms with Crippen molar-refractivity contribution in [3.8, 4) is 11.3 Å². The molecule has 0 bridgehead atoms. The number of nitrogens with two attached hydrogens (primary N) is 1. The Morgan fingerprint density at radius 1 is 1.25 bits per heavy atom. The lowest BCUT2D eigenvalue weighted by molar-refractivity contribution is 0.530. The van der Waals surface area contributed by atoms with E-state index in [1.54, 1.807) is 0 Å². The molecule has 0 aliphatic carbocycles. The summed E-state index contributed by atoms with van der Waals surface area (Å²) in [7, 11) is 0. The quantitative estimate of drug-likeness (QED) is 0.839. The first-order valence-electron chi connectivity index (χ1n) is 5.44. The Morgan fingerprint density at radius 3 is 2.62 bits per heavy atom.